The number of likely N-dealkylation sites (tertiary alicyclic amines) is 1. The van der Waals surface area contributed by atoms with Crippen molar-refractivity contribution in [2.75, 3.05) is 13.1 Å². The summed E-state index contributed by atoms with van der Waals surface area (Å²) < 4.78 is 0. The lowest BCUT2D eigenvalue weighted by Gasteiger charge is -2.39. The van der Waals surface area contributed by atoms with Gasteiger partial charge in [0.25, 0.3) is 0 Å². The zero-order valence-electron chi connectivity index (χ0n) is 16.3. The normalized spacial score (nSPS) is 20.8. The lowest BCUT2D eigenvalue weighted by Crippen LogP contribution is -2.39. The Balaban J connectivity index is 1.47. The SMILES string of the molecule is CCCC[C@H]1CN(Cc2ccc3ccccc3n2)CCC1c1ccccc1. The van der Waals surface area contributed by atoms with E-state index in [2.05, 4.69) is 78.6 Å². The van der Waals surface area contributed by atoms with Crippen LogP contribution in [0.3, 0.4) is 0 Å². The Hall–Kier alpha value is -2.19. The van der Waals surface area contributed by atoms with Crippen LogP contribution in [0.4, 0.5) is 0 Å². The number of hydrogen-bond donors (Lipinski definition) is 0. The van der Waals surface area contributed by atoms with Crippen LogP contribution in [0.1, 0.15) is 49.8 Å². The van der Waals surface area contributed by atoms with Gasteiger partial charge in [0.05, 0.1) is 11.2 Å². The van der Waals surface area contributed by atoms with Crippen LogP contribution >= 0.6 is 0 Å². The molecule has 0 bridgehead atoms. The number of piperidine rings is 1. The van der Waals surface area contributed by atoms with Crippen molar-refractivity contribution in [3.05, 3.63) is 78.0 Å². The molecule has 1 aliphatic heterocycles. The van der Waals surface area contributed by atoms with Gasteiger partial charge in [0.2, 0.25) is 0 Å². The molecule has 0 N–H and O–H groups in total. The van der Waals surface area contributed by atoms with E-state index in [4.69, 9.17) is 4.98 Å². The molecule has 2 atom stereocenters. The second-order valence-corrected chi connectivity index (χ2v) is 7.94. The molecule has 2 nitrogen and oxygen atoms in total. The Kier molecular flexibility index (Phi) is 5.84. The van der Waals surface area contributed by atoms with E-state index in [1.54, 1.807) is 0 Å². The van der Waals surface area contributed by atoms with E-state index in [0.717, 1.165) is 24.5 Å². The number of fused-ring (bicyclic) bond motifs is 1. The molecule has 0 amide bonds. The summed E-state index contributed by atoms with van der Waals surface area (Å²) in [5.41, 5.74) is 3.83. The van der Waals surface area contributed by atoms with Crippen molar-refractivity contribution in [2.24, 2.45) is 5.92 Å². The van der Waals surface area contributed by atoms with Gasteiger partial charge in [0.15, 0.2) is 0 Å². The standard InChI is InChI=1S/C25H30N2/c1-2-3-9-22-18-27(17-16-24(22)20-10-5-4-6-11-20)19-23-15-14-21-12-7-8-13-25(21)26-23/h4-8,10-15,22,24H,2-3,9,16-19H2,1H3/t22-,24?/m0/s1. The molecule has 1 unspecified atom stereocenters. The molecule has 1 fully saturated rings. The number of benzene rings is 2. The summed E-state index contributed by atoms with van der Waals surface area (Å²) in [6.07, 6.45) is 5.20. The zero-order chi connectivity index (χ0) is 18.5. The molecular formula is C25H30N2. The Labute approximate surface area is 163 Å². The first-order valence-corrected chi connectivity index (χ1v) is 10.5. The minimum absolute atomic E-state index is 0.707. The van der Waals surface area contributed by atoms with Crippen molar-refractivity contribution >= 4 is 10.9 Å². The van der Waals surface area contributed by atoms with E-state index < -0.39 is 0 Å². The van der Waals surface area contributed by atoms with Gasteiger partial charge in [-0.05, 0) is 48.9 Å². The number of para-hydroxylation sites is 1. The minimum atomic E-state index is 0.707. The quantitative estimate of drug-likeness (QED) is 0.535. The van der Waals surface area contributed by atoms with Crippen molar-refractivity contribution in [3.63, 3.8) is 0 Å². The molecule has 1 aliphatic rings. The van der Waals surface area contributed by atoms with E-state index in [9.17, 15) is 0 Å². The molecule has 140 valence electrons. The van der Waals surface area contributed by atoms with Gasteiger partial charge in [0.1, 0.15) is 0 Å². The van der Waals surface area contributed by atoms with Crippen molar-refractivity contribution in [3.8, 4) is 0 Å². The fourth-order valence-corrected chi connectivity index (χ4v) is 4.57. The smallest absolute Gasteiger partial charge is 0.0705 e. The van der Waals surface area contributed by atoms with E-state index in [1.165, 1.54) is 48.9 Å². The van der Waals surface area contributed by atoms with Crippen LogP contribution in [0.15, 0.2) is 66.7 Å². The van der Waals surface area contributed by atoms with Gasteiger partial charge in [0, 0.05) is 18.5 Å². The summed E-state index contributed by atoms with van der Waals surface area (Å²) in [5, 5.41) is 1.23. The van der Waals surface area contributed by atoms with Crippen LogP contribution in [0.2, 0.25) is 0 Å². The molecule has 1 saturated heterocycles. The number of unbranched alkanes of at least 4 members (excludes halogenated alkanes) is 1. The first-order chi connectivity index (χ1) is 13.3. The topological polar surface area (TPSA) is 16.1 Å². The highest BCUT2D eigenvalue weighted by Gasteiger charge is 2.29. The fraction of sp³-hybridized carbons (Fsp3) is 0.400. The maximum Gasteiger partial charge on any atom is 0.0705 e. The lowest BCUT2D eigenvalue weighted by atomic mass is 9.78. The van der Waals surface area contributed by atoms with Gasteiger partial charge in [-0.15, -0.1) is 0 Å². The second-order valence-electron chi connectivity index (χ2n) is 7.94. The molecule has 1 aromatic heterocycles. The molecule has 27 heavy (non-hydrogen) atoms. The molecule has 3 aromatic rings. The molecule has 0 spiro atoms. The molecule has 2 heterocycles. The Morgan fingerprint density at radius 3 is 2.63 bits per heavy atom. The molecule has 2 aromatic carbocycles. The lowest BCUT2D eigenvalue weighted by molar-refractivity contribution is 0.137. The maximum atomic E-state index is 4.89. The number of pyridine rings is 1. The average Bonchev–Trinajstić information content (AvgIpc) is 2.73. The van der Waals surface area contributed by atoms with Crippen LogP contribution in [0.25, 0.3) is 10.9 Å². The minimum Gasteiger partial charge on any atom is -0.297 e. The fourth-order valence-electron chi connectivity index (χ4n) is 4.57. The third-order valence-electron chi connectivity index (χ3n) is 6.02. The van der Waals surface area contributed by atoms with Crippen molar-refractivity contribution in [1.82, 2.24) is 9.88 Å². The van der Waals surface area contributed by atoms with E-state index in [0.29, 0.717) is 5.92 Å². The van der Waals surface area contributed by atoms with Gasteiger partial charge >= 0.3 is 0 Å². The number of hydrogen-bond acceptors (Lipinski definition) is 2. The maximum absolute atomic E-state index is 4.89. The van der Waals surface area contributed by atoms with Gasteiger partial charge in [-0.3, -0.25) is 9.88 Å². The van der Waals surface area contributed by atoms with E-state index in [1.807, 2.05) is 0 Å². The van der Waals surface area contributed by atoms with Crippen LogP contribution < -0.4 is 0 Å². The number of nitrogens with zero attached hydrogens (tertiary/aromatic N) is 2. The van der Waals surface area contributed by atoms with Gasteiger partial charge < -0.3 is 0 Å². The number of rotatable bonds is 6. The van der Waals surface area contributed by atoms with Crippen molar-refractivity contribution in [1.29, 1.82) is 0 Å². The van der Waals surface area contributed by atoms with E-state index in [-0.39, 0.29) is 0 Å². The summed E-state index contributed by atoms with van der Waals surface area (Å²) in [7, 11) is 0. The van der Waals surface area contributed by atoms with Gasteiger partial charge in [-0.2, -0.15) is 0 Å². The Morgan fingerprint density at radius 1 is 0.963 bits per heavy atom. The summed E-state index contributed by atoms with van der Waals surface area (Å²) >= 11 is 0. The van der Waals surface area contributed by atoms with Crippen molar-refractivity contribution in [2.45, 2.75) is 45.1 Å². The predicted octanol–water partition coefficient (Wildman–Crippen LogP) is 6.03. The zero-order valence-corrected chi connectivity index (χ0v) is 16.3. The van der Waals surface area contributed by atoms with Gasteiger partial charge in [-0.1, -0.05) is 74.4 Å². The summed E-state index contributed by atoms with van der Waals surface area (Å²) in [6, 6.07) is 24.0. The predicted molar refractivity (Wildman–Crippen MR) is 114 cm³/mol. The van der Waals surface area contributed by atoms with Gasteiger partial charge in [-0.25, -0.2) is 0 Å². The average molecular weight is 359 g/mol. The monoisotopic (exact) mass is 358 g/mol. The third-order valence-corrected chi connectivity index (χ3v) is 6.02. The third kappa shape index (κ3) is 4.39. The number of aromatic nitrogens is 1. The van der Waals surface area contributed by atoms with E-state index >= 15 is 0 Å². The highest BCUT2D eigenvalue weighted by atomic mass is 15.1. The Bertz CT molecular complexity index is 858. The molecule has 0 radical (unpaired) electrons. The van der Waals surface area contributed by atoms with Crippen LogP contribution in [-0.2, 0) is 6.54 Å². The second kappa shape index (κ2) is 8.67. The summed E-state index contributed by atoms with van der Waals surface area (Å²) in [4.78, 5) is 7.51. The van der Waals surface area contributed by atoms with Crippen LogP contribution in [0, 0.1) is 5.92 Å². The van der Waals surface area contributed by atoms with Crippen molar-refractivity contribution < 1.29 is 0 Å². The van der Waals surface area contributed by atoms with Crippen LogP contribution in [-0.4, -0.2) is 23.0 Å². The molecule has 0 aliphatic carbocycles. The highest BCUT2D eigenvalue weighted by molar-refractivity contribution is 5.78. The highest BCUT2D eigenvalue weighted by Crippen LogP contribution is 2.36. The first-order valence-electron chi connectivity index (χ1n) is 10.5. The van der Waals surface area contributed by atoms with Crippen LogP contribution in [0.5, 0.6) is 0 Å². The molecule has 4 rings (SSSR count). The molecule has 0 saturated carbocycles. The molecule has 2 heteroatoms. The molecular weight excluding hydrogens is 328 g/mol. The summed E-state index contributed by atoms with van der Waals surface area (Å²) in [5.74, 6) is 1.46. The summed E-state index contributed by atoms with van der Waals surface area (Å²) in [6.45, 7) is 5.62. The Morgan fingerprint density at radius 2 is 1.78 bits per heavy atom. The largest absolute Gasteiger partial charge is 0.297 e. The first kappa shape index (κ1) is 18.2.